The van der Waals surface area contributed by atoms with E-state index in [2.05, 4.69) is 0 Å². The molecule has 0 aliphatic carbocycles. The fourth-order valence-electron chi connectivity index (χ4n) is 0.642. The van der Waals surface area contributed by atoms with E-state index in [9.17, 15) is 8.42 Å². The van der Waals surface area contributed by atoms with Crippen LogP contribution in [0.3, 0.4) is 0 Å². The first-order valence-corrected chi connectivity index (χ1v) is 5.30. The Morgan fingerprint density at radius 2 is 1.50 bits per heavy atom. The third-order valence-electron chi connectivity index (χ3n) is 1.86. The summed E-state index contributed by atoms with van der Waals surface area (Å²) >= 11 is 0. The third-order valence-corrected chi connectivity index (χ3v) is 3.85. The van der Waals surface area contributed by atoms with Gasteiger partial charge in [0, 0.05) is 6.26 Å². The maximum absolute atomic E-state index is 11.0. The highest BCUT2D eigenvalue weighted by Crippen LogP contribution is 2.24. The van der Waals surface area contributed by atoms with Crippen LogP contribution in [0.2, 0.25) is 0 Å². The first-order chi connectivity index (χ1) is 4.15. The van der Waals surface area contributed by atoms with Crippen molar-refractivity contribution in [2.24, 2.45) is 5.41 Å². The second kappa shape index (κ2) is 2.53. The molecule has 0 bridgehead atoms. The van der Waals surface area contributed by atoms with Crippen molar-refractivity contribution in [3.63, 3.8) is 0 Å². The van der Waals surface area contributed by atoms with Crippen LogP contribution in [0.4, 0.5) is 0 Å². The molecule has 0 heterocycles. The summed E-state index contributed by atoms with van der Waals surface area (Å²) in [4.78, 5) is 0. The minimum absolute atomic E-state index is 0.145. The lowest BCUT2D eigenvalue weighted by atomic mass is 9.93. The predicted octanol–water partition coefficient (Wildman–Crippen LogP) is 1.47. The van der Waals surface area contributed by atoms with Gasteiger partial charge >= 0.3 is 0 Å². The highest BCUT2D eigenvalue weighted by atomic mass is 32.2. The van der Waals surface area contributed by atoms with Crippen LogP contribution in [-0.2, 0) is 9.84 Å². The lowest BCUT2D eigenvalue weighted by molar-refractivity contribution is 0.394. The molecule has 0 saturated carbocycles. The van der Waals surface area contributed by atoms with E-state index in [-0.39, 0.29) is 10.7 Å². The quantitative estimate of drug-likeness (QED) is 0.588. The molecule has 0 radical (unpaired) electrons. The third kappa shape index (κ3) is 2.69. The molecular weight excluding hydrogens is 148 g/mol. The van der Waals surface area contributed by atoms with E-state index in [4.69, 9.17) is 0 Å². The molecule has 0 rings (SSSR count). The largest absolute Gasteiger partial charge is 0.229 e. The maximum atomic E-state index is 11.0. The smallest absolute Gasteiger partial charge is 0.150 e. The summed E-state index contributed by atoms with van der Waals surface area (Å²) in [5, 5.41) is -0.264. The first-order valence-electron chi connectivity index (χ1n) is 3.34. The van der Waals surface area contributed by atoms with Gasteiger partial charge < -0.3 is 0 Å². The van der Waals surface area contributed by atoms with Crippen LogP contribution in [0.1, 0.15) is 27.7 Å². The summed E-state index contributed by atoms with van der Waals surface area (Å²) in [5.41, 5.74) is -0.145. The summed E-state index contributed by atoms with van der Waals surface area (Å²) in [6.45, 7) is 7.53. The van der Waals surface area contributed by atoms with E-state index < -0.39 is 9.84 Å². The molecule has 0 aliphatic heterocycles. The molecule has 1 unspecified atom stereocenters. The number of hydrogen-bond donors (Lipinski definition) is 0. The van der Waals surface area contributed by atoms with Crippen LogP contribution in [0.5, 0.6) is 0 Å². The molecule has 0 fully saturated rings. The number of sulfone groups is 1. The highest BCUT2D eigenvalue weighted by molar-refractivity contribution is 7.91. The zero-order valence-corrected chi connectivity index (χ0v) is 8.12. The Bertz CT molecular complexity index is 196. The minimum atomic E-state index is -2.86. The summed E-state index contributed by atoms with van der Waals surface area (Å²) in [7, 11) is -2.86. The van der Waals surface area contributed by atoms with Gasteiger partial charge in [-0.15, -0.1) is 0 Å². The second-order valence-electron chi connectivity index (χ2n) is 3.84. The molecule has 0 aliphatic rings. The number of hydrogen-bond acceptors (Lipinski definition) is 2. The van der Waals surface area contributed by atoms with Crippen LogP contribution in [0.25, 0.3) is 0 Å². The Labute approximate surface area is 63.6 Å². The van der Waals surface area contributed by atoms with Gasteiger partial charge in [-0.25, -0.2) is 8.42 Å². The van der Waals surface area contributed by atoms with Crippen molar-refractivity contribution in [1.29, 1.82) is 0 Å². The predicted molar refractivity (Wildman–Crippen MR) is 43.8 cm³/mol. The van der Waals surface area contributed by atoms with Crippen molar-refractivity contribution < 1.29 is 8.42 Å². The molecule has 0 spiro atoms. The van der Waals surface area contributed by atoms with Gasteiger partial charge in [-0.3, -0.25) is 0 Å². The molecule has 3 heteroatoms. The van der Waals surface area contributed by atoms with E-state index in [1.165, 1.54) is 6.26 Å². The molecule has 1 atom stereocenters. The van der Waals surface area contributed by atoms with E-state index in [1.807, 2.05) is 20.8 Å². The minimum Gasteiger partial charge on any atom is -0.229 e. The Kier molecular flexibility index (Phi) is 2.52. The van der Waals surface area contributed by atoms with E-state index in [1.54, 1.807) is 6.92 Å². The highest BCUT2D eigenvalue weighted by Gasteiger charge is 2.28. The van der Waals surface area contributed by atoms with Crippen LogP contribution < -0.4 is 0 Å². The molecule has 0 aromatic carbocycles. The van der Waals surface area contributed by atoms with E-state index >= 15 is 0 Å². The maximum Gasteiger partial charge on any atom is 0.150 e. The Hall–Kier alpha value is -0.0500. The lowest BCUT2D eigenvalue weighted by Gasteiger charge is -2.25. The van der Waals surface area contributed by atoms with Crippen molar-refractivity contribution in [3.05, 3.63) is 0 Å². The van der Waals surface area contributed by atoms with Crippen LogP contribution in [-0.4, -0.2) is 19.9 Å². The molecular formula is C7H16O2S. The van der Waals surface area contributed by atoms with Crippen LogP contribution >= 0.6 is 0 Å². The fourth-order valence-corrected chi connectivity index (χ4v) is 1.93. The average molecular weight is 164 g/mol. The van der Waals surface area contributed by atoms with Crippen molar-refractivity contribution >= 4 is 9.84 Å². The molecule has 0 aromatic rings. The molecule has 0 aromatic heterocycles. The summed E-state index contributed by atoms with van der Waals surface area (Å²) in [6, 6.07) is 0. The van der Waals surface area contributed by atoms with Gasteiger partial charge in [-0.1, -0.05) is 20.8 Å². The normalized spacial score (nSPS) is 16.9. The lowest BCUT2D eigenvalue weighted by Crippen LogP contribution is -2.30. The van der Waals surface area contributed by atoms with Gasteiger partial charge in [0.2, 0.25) is 0 Å². The van der Waals surface area contributed by atoms with Crippen molar-refractivity contribution in [2.75, 3.05) is 6.26 Å². The fraction of sp³-hybridized carbons (Fsp3) is 1.00. The zero-order chi connectivity index (χ0) is 8.58. The number of rotatable bonds is 1. The summed E-state index contributed by atoms with van der Waals surface area (Å²) in [5.74, 6) is 0. The van der Waals surface area contributed by atoms with Gasteiger partial charge in [-0.2, -0.15) is 0 Å². The van der Waals surface area contributed by atoms with Gasteiger partial charge in [0.25, 0.3) is 0 Å². The van der Waals surface area contributed by atoms with Gasteiger partial charge in [0.15, 0.2) is 9.84 Å². The SMILES string of the molecule is CC(C(C)(C)C)S(C)(=O)=O. The van der Waals surface area contributed by atoms with Crippen LogP contribution in [0, 0.1) is 5.41 Å². The van der Waals surface area contributed by atoms with Crippen molar-refractivity contribution in [1.82, 2.24) is 0 Å². The zero-order valence-electron chi connectivity index (χ0n) is 7.30. The van der Waals surface area contributed by atoms with Gasteiger partial charge in [0.05, 0.1) is 5.25 Å². The topological polar surface area (TPSA) is 34.1 Å². The standard InChI is InChI=1S/C7H16O2S/c1-6(7(2,3)4)10(5,8)9/h6H,1-5H3. The summed E-state index contributed by atoms with van der Waals surface area (Å²) in [6.07, 6.45) is 1.28. The summed E-state index contributed by atoms with van der Waals surface area (Å²) < 4.78 is 22.0. The molecule has 0 amide bonds. The first kappa shape index (κ1) is 9.95. The van der Waals surface area contributed by atoms with Crippen molar-refractivity contribution in [3.8, 4) is 0 Å². The second-order valence-corrected chi connectivity index (χ2v) is 6.20. The van der Waals surface area contributed by atoms with Crippen LogP contribution in [0.15, 0.2) is 0 Å². The molecule has 10 heavy (non-hydrogen) atoms. The molecule has 0 N–H and O–H groups in total. The van der Waals surface area contributed by atoms with Crippen molar-refractivity contribution in [2.45, 2.75) is 32.9 Å². The average Bonchev–Trinajstić information content (AvgIpc) is 1.59. The molecule has 62 valence electrons. The van der Waals surface area contributed by atoms with E-state index in [0.717, 1.165) is 0 Å². The monoisotopic (exact) mass is 164 g/mol. The van der Waals surface area contributed by atoms with Gasteiger partial charge in [-0.05, 0) is 12.3 Å². The Morgan fingerprint density at radius 1 is 1.20 bits per heavy atom. The molecule has 2 nitrogen and oxygen atoms in total. The Morgan fingerprint density at radius 3 is 1.50 bits per heavy atom. The van der Waals surface area contributed by atoms with Gasteiger partial charge in [0.1, 0.15) is 0 Å². The molecule has 0 saturated heterocycles. The Balaban J connectivity index is 4.56. The van der Waals surface area contributed by atoms with E-state index in [0.29, 0.717) is 0 Å².